The first kappa shape index (κ1) is 25.4. The third-order valence-corrected chi connectivity index (χ3v) is 5.68. The predicted octanol–water partition coefficient (Wildman–Crippen LogP) is 4.43. The quantitative estimate of drug-likeness (QED) is 0.374. The van der Waals surface area contributed by atoms with Crippen molar-refractivity contribution >= 4 is 34.2 Å². The predicted molar refractivity (Wildman–Crippen MR) is 137 cm³/mol. The normalized spacial score (nSPS) is 11.3. The van der Waals surface area contributed by atoms with Gasteiger partial charge in [-0.05, 0) is 42.8 Å². The number of carbonyl (C=O) groups excluding carboxylic acids is 2. The van der Waals surface area contributed by atoms with Crippen LogP contribution in [-0.4, -0.2) is 26.1 Å². The Morgan fingerprint density at radius 2 is 1.86 bits per heavy atom. The molecule has 190 valence electrons. The standard InChI is InChI=1S/C28H27N3O6/c1-16-7-6-8-20(11-16)30-28-23(27(33)31-24-10-9-21(34-4)12-25(24)35-5)13-22-19(15-36-18(3)32)14-29-17(2)26(22)37-28/h6-14H,15H2,1-5H3,(H,31,33)/p+1. The van der Waals surface area contributed by atoms with Crippen LogP contribution in [0.2, 0.25) is 0 Å². The summed E-state index contributed by atoms with van der Waals surface area (Å²) in [7, 11) is 3.06. The molecule has 4 aromatic rings. The van der Waals surface area contributed by atoms with E-state index in [2.05, 4.69) is 15.3 Å². The van der Waals surface area contributed by atoms with Gasteiger partial charge in [0.1, 0.15) is 23.7 Å². The molecule has 37 heavy (non-hydrogen) atoms. The first-order valence-electron chi connectivity index (χ1n) is 11.5. The summed E-state index contributed by atoms with van der Waals surface area (Å²) in [6.07, 6.45) is 1.72. The number of esters is 1. The summed E-state index contributed by atoms with van der Waals surface area (Å²) in [5.41, 5.74) is 4.30. The number of benzene rings is 2. The maximum absolute atomic E-state index is 13.6. The Hall–Kier alpha value is -4.66. The molecule has 1 amide bonds. The molecular formula is C28H28N3O6+. The van der Waals surface area contributed by atoms with E-state index in [1.165, 1.54) is 14.0 Å². The summed E-state index contributed by atoms with van der Waals surface area (Å²) in [5, 5.41) is 3.50. The van der Waals surface area contributed by atoms with Crippen LogP contribution in [0, 0.1) is 13.8 Å². The number of amides is 1. The third-order valence-electron chi connectivity index (χ3n) is 5.68. The van der Waals surface area contributed by atoms with E-state index in [4.69, 9.17) is 18.6 Å². The number of H-pyrrole nitrogens is 1. The molecule has 4 rings (SSSR count). The molecule has 0 fully saturated rings. The highest BCUT2D eigenvalue weighted by molar-refractivity contribution is 6.06. The lowest BCUT2D eigenvalue weighted by Gasteiger charge is -2.12. The minimum absolute atomic E-state index is 0.0138. The van der Waals surface area contributed by atoms with E-state index in [0.717, 1.165) is 11.3 Å². The molecule has 9 heteroatoms. The molecule has 0 aliphatic rings. The molecule has 0 saturated heterocycles. The van der Waals surface area contributed by atoms with Crippen LogP contribution in [0.3, 0.4) is 0 Å². The molecular weight excluding hydrogens is 474 g/mol. The van der Waals surface area contributed by atoms with Gasteiger partial charge in [0.25, 0.3) is 5.91 Å². The van der Waals surface area contributed by atoms with E-state index >= 15 is 0 Å². The molecule has 2 aromatic heterocycles. The molecule has 2 aromatic carbocycles. The highest BCUT2D eigenvalue weighted by atomic mass is 16.5. The smallest absolute Gasteiger partial charge is 0.302 e. The van der Waals surface area contributed by atoms with Gasteiger partial charge in [0.15, 0.2) is 6.20 Å². The molecule has 9 nitrogen and oxygen atoms in total. The van der Waals surface area contributed by atoms with Crippen molar-refractivity contribution in [2.75, 3.05) is 19.5 Å². The Morgan fingerprint density at radius 3 is 2.57 bits per heavy atom. The van der Waals surface area contributed by atoms with Crippen molar-refractivity contribution in [2.45, 2.75) is 27.4 Å². The van der Waals surface area contributed by atoms with E-state index in [1.807, 2.05) is 38.1 Å². The molecule has 0 radical (unpaired) electrons. The largest absolute Gasteiger partial charge is 0.497 e. The van der Waals surface area contributed by atoms with Crippen LogP contribution < -0.4 is 25.3 Å². The number of aryl methyl sites for hydroxylation is 2. The molecule has 0 atom stereocenters. The van der Waals surface area contributed by atoms with Crippen LogP contribution in [0.15, 0.2) is 64.1 Å². The summed E-state index contributed by atoms with van der Waals surface area (Å²) in [6.45, 7) is 5.16. The topological polar surface area (TPSA) is 114 Å². The minimum atomic E-state index is -0.454. The van der Waals surface area contributed by atoms with Gasteiger partial charge in [0.05, 0.1) is 31.2 Å². The van der Waals surface area contributed by atoms with Crippen molar-refractivity contribution in [3.8, 4) is 11.5 Å². The van der Waals surface area contributed by atoms with Crippen LogP contribution in [0.25, 0.3) is 11.0 Å². The van der Waals surface area contributed by atoms with Crippen LogP contribution >= 0.6 is 0 Å². The Morgan fingerprint density at radius 1 is 1.05 bits per heavy atom. The Kier molecular flexibility index (Phi) is 7.52. The minimum Gasteiger partial charge on any atom is -0.497 e. The number of aromatic amines is 1. The summed E-state index contributed by atoms with van der Waals surface area (Å²) in [5.74, 6) is 0.155. The number of methoxy groups -OCH3 is 2. The fourth-order valence-corrected chi connectivity index (χ4v) is 3.78. The van der Waals surface area contributed by atoms with Gasteiger partial charge >= 0.3 is 5.97 Å². The number of hydrogen-bond acceptors (Lipinski definition) is 7. The van der Waals surface area contributed by atoms with Crippen molar-refractivity contribution in [3.63, 3.8) is 0 Å². The van der Waals surface area contributed by atoms with E-state index in [-0.39, 0.29) is 17.7 Å². The van der Waals surface area contributed by atoms with Gasteiger partial charge in [0, 0.05) is 25.3 Å². The number of ether oxygens (including phenoxy) is 3. The molecule has 0 saturated carbocycles. The molecule has 0 bridgehead atoms. The number of hydrogen-bond donors (Lipinski definition) is 1. The average molecular weight is 503 g/mol. The maximum Gasteiger partial charge on any atom is 0.302 e. The lowest BCUT2D eigenvalue weighted by Crippen LogP contribution is -2.23. The van der Waals surface area contributed by atoms with Crippen molar-refractivity contribution < 1.29 is 33.2 Å². The highest BCUT2D eigenvalue weighted by Crippen LogP contribution is 2.29. The molecule has 0 aliphatic carbocycles. The summed E-state index contributed by atoms with van der Waals surface area (Å²) < 4.78 is 22.1. The molecule has 0 aliphatic heterocycles. The zero-order valence-corrected chi connectivity index (χ0v) is 21.3. The number of anilines is 1. The summed E-state index contributed by atoms with van der Waals surface area (Å²) >= 11 is 0. The second kappa shape index (κ2) is 10.9. The lowest BCUT2D eigenvalue weighted by molar-refractivity contribution is -0.386. The molecule has 0 spiro atoms. The Balaban J connectivity index is 1.89. The number of fused-ring (bicyclic) bond motifs is 1. The number of nitrogens with one attached hydrogen (secondary N) is 2. The summed E-state index contributed by atoms with van der Waals surface area (Å²) in [4.78, 5) is 32.8. The average Bonchev–Trinajstić information content (AvgIpc) is 2.88. The molecule has 2 N–H and O–H groups in total. The zero-order chi connectivity index (χ0) is 26.5. The van der Waals surface area contributed by atoms with Gasteiger partial charge in [-0.1, -0.05) is 12.1 Å². The molecule has 2 heterocycles. The number of carbonyl (C=O) groups is 2. The van der Waals surface area contributed by atoms with Crippen molar-refractivity contribution in [3.05, 3.63) is 82.7 Å². The van der Waals surface area contributed by atoms with Gasteiger partial charge in [-0.2, -0.15) is 0 Å². The second-order valence-electron chi connectivity index (χ2n) is 8.40. The fraction of sp³-hybridized carbons (Fsp3) is 0.214. The number of pyridine rings is 1. The number of aromatic nitrogens is 1. The maximum atomic E-state index is 13.6. The van der Waals surface area contributed by atoms with Crippen molar-refractivity contribution in [1.29, 1.82) is 0 Å². The summed E-state index contributed by atoms with van der Waals surface area (Å²) in [6, 6.07) is 14.3. The first-order valence-corrected chi connectivity index (χ1v) is 11.5. The van der Waals surface area contributed by atoms with Gasteiger partial charge in [-0.25, -0.2) is 9.98 Å². The second-order valence-corrected chi connectivity index (χ2v) is 8.40. The van der Waals surface area contributed by atoms with Crippen LogP contribution in [0.5, 0.6) is 11.5 Å². The van der Waals surface area contributed by atoms with Gasteiger partial charge in [-0.15, -0.1) is 0 Å². The van der Waals surface area contributed by atoms with Crippen molar-refractivity contribution in [2.24, 2.45) is 4.99 Å². The van der Waals surface area contributed by atoms with E-state index in [0.29, 0.717) is 39.4 Å². The first-order chi connectivity index (χ1) is 17.8. The van der Waals surface area contributed by atoms with Gasteiger partial charge < -0.3 is 23.9 Å². The van der Waals surface area contributed by atoms with Gasteiger partial charge in [0.2, 0.25) is 16.8 Å². The number of rotatable bonds is 7. The fourth-order valence-electron chi connectivity index (χ4n) is 3.78. The SMILES string of the molecule is COc1ccc(NC(=O)c2cc3c(COC(C)=O)c[nH+]c(C)c3oc2=Nc2cccc(C)c2)c(OC)c1. The van der Waals surface area contributed by atoms with Crippen LogP contribution in [0.1, 0.15) is 34.1 Å². The monoisotopic (exact) mass is 502 g/mol. The van der Waals surface area contributed by atoms with Crippen LogP contribution in [0.4, 0.5) is 11.4 Å². The Labute approximate surface area is 213 Å². The third kappa shape index (κ3) is 5.78. The van der Waals surface area contributed by atoms with Crippen LogP contribution in [-0.2, 0) is 16.1 Å². The van der Waals surface area contributed by atoms with Gasteiger partial charge in [-0.3, -0.25) is 9.59 Å². The number of nitrogens with zero attached hydrogens (tertiary/aromatic N) is 1. The van der Waals surface area contributed by atoms with E-state index in [9.17, 15) is 9.59 Å². The Bertz CT molecular complexity index is 1560. The van der Waals surface area contributed by atoms with Crippen molar-refractivity contribution in [1.82, 2.24) is 0 Å². The molecule has 0 unspecified atom stereocenters. The van der Waals surface area contributed by atoms with E-state index < -0.39 is 11.9 Å². The van der Waals surface area contributed by atoms with E-state index in [1.54, 1.807) is 37.6 Å². The zero-order valence-electron chi connectivity index (χ0n) is 21.3. The lowest BCUT2D eigenvalue weighted by atomic mass is 10.1. The highest BCUT2D eigenvalue weighted by Gasteiger charge is 2.20.